The van der Waals surface area contributed by atoms with Crippen LogP contribution in [0.4, 0.5) is 5.82 Å². The number of rotatable bonds is 6. The quantitative estimate of drug-likeness (QED) is 0.666. The maximum Gasteiger partial charge on any atom is 0.169 e. The van der Waals surface area contributed by atoms with Gasteiger partial charge in [-0.1, -0.05) is 11.8 Å². The van der Waals surface area contributed by atoms with Crippen LogP contribution in [0.1, 0.15) is 6.92 Å². The average molecular weight is 268 g/mol. The second kappa shape index (κ2) is 6.03. The third-order valence-electron chi connectivity index (χ3n) is 2.32. The van der Waals surface area contributed by atoms with Crippen molar-refractivity contribution >= 4 is 23.2 Å². The Morgan fingerprint density at radius 2 is 2.39 bits per heavy atom. The second-order valence-electron chi connectivity index (χ2n) is 3.77. The lowest BCUT2D eigenvalue weighted by Crippen LogP contribution is -2.15. The molecule has 18 heavy (non-hydrogen) atoms. The first kappa shape index (κ1) is 13.1. The fourth-order valence-electron chi connectivity index (χ4n) is 1.49. The van der Waals surface area contributed by atoms with Gasteiger partial charge in [-0.25, -0.2) is 9.97 Å². The van der Waals surface area contributed by atoms with E-state index in [1.165, 1.54) is 11.8 Å². The van der Waals surface area contributed by atoms with Crippen molar-refractivity contribution in [3.63, 3.8) is 0 Å². The number of nitrogens with zero attached hydrogens (tertiary/aromatic N) is 3. The third-order valence-corrected chi connectivity index (χ3v) is 3.42. The van der Waals surface area contributed by atoms with Gasteiger partial charge in [-0.15, -0.1) is 0 Å². The van der Waals surface area contributed by atoms with E-state index in [9.17, 15) is 5.11 Å². The molecular weight excluding hydrogens is 252 g/mol. The van der Waals surface area contributed by atoms with Crippen molar-refractivity contribution in [2.45, 2.75) is 18.1 Å². The molecule has 2 aromatic heterocycles. The average Bonchev–Trinajstić information content (AvgIpc) is 2.84. The summed E-state index contributed by atoms with van der Waals surface area (Å²) in [6, 6.07) is 0. The first-order valence-corrected chi connectivity index (χ1v) is 6.72. The van der Waals surface area contributed by atoms with Gasteiger partial charge in [0.05, 0.1) is 18.9 Å². The third kappa shape index (κ3) is 2.92. The van der Waals surface area contributed by atoms with E-state index in [-0.39, 0.29) is 6.61 Å². The number of imidazole rings is 1. The van der Waals surface area contributed by atoms with Gasteiger partial charge in [0.25, 0.3) is 0 Å². The van der Waals surface area contributed by atoms with Crippen molar-refractivity contribution in [2.24, 2.45) is 0 Å². The summed E-state index contributed by atoms with van der Waals surface area (Å²) >= 11 is 1.38. The number of hydrogen-bond donors (Lipinski definition) is 3. The molecule has 98 valence electrons. The highest BCUT2D eigenvalue weighted by molar-refractivity contribution is 7.99. The fraction of sp³-hybridized carbons (Fsp3) is 0.455. The number of hydrogen-bond acceptors (Lipinski definition) is 6. The van der Waals surface area contributed by atoms with Crippen LogP contribution >= 0.6 is 11.8 Å². The number of anilines is 1. The molecule has 0 aromatic carbocycles. The maximum atomic E-state index is 9.37. The van der Waals surface area contributed by atoms with Crippen LogP contribution in [0.3, 0.4) is 0 Å². The minimum absolute atomic E-state index is 0.245. The van der Waals surface area contributed by atoms with Gasteiger partial charge in [-0.2, -0.15) is 0 Å². The van der Waals surface area contributed by atoms with Crippen LogP contribution in [-0.4, -0.2) is 49.6 Å². The van der Waals surface area contributed by atoms with Gasteiger partial charge in [0.15, 0.2) is 5.65 Å². The minimum Gasteiger partial charge on any atom is -0.394 e. The van der Waals surface area contributed by atoms with Gasteiger partial charge in [-0.3, -0.25) is 0 Å². The Bertz CT molecular complexity index is 517. The Morgan fingerprint density at radius 3 is 3.11 bits per heavy atom. The monoisotopic (exact) mass is 268 g/mol. The van der Waals surface area contributed by atoms with Crippen molar-refractivity contribution < 1.29 is 10.2 Å². The first-order valence-electron chi connectivity index (χ1n) is 5.74. The van der Waals surface area contributed by atoms with Crippen molar-refractivity contribution in [3.8, 4) is 0 Å². The van der Waals surface area contributed by atoms with Crippen LogP contribution in [0.2, 0.25) is 0 Å². The lowest BCUT2D eigenvalue weighted by atomic mass is 10.4. The molecule has 6 nitrogen and oxygen atoms in total. The summed E-state index contributed by atoms with van der Waals surface area (Å²) in [6.07, 6.45) is 4.69. The normalized spacial score (nSPS) is 12.8. The number of thioether (sulfide) groups is 1. The van der Waals surface area contributed by atoms with Crippen molar-refractivity contribution in [2.75, 3.05) is 24.2 Å². The molecule has 7 heteroatoms. The molecule has 3 N–H and O–H groups in total. The Labute approximate surface area is 109 Å². The number of aliphatic hydroxyl groups excluding tert-OH is 2. The van der Waals surface area contributed by atoms with Crippen LogP contribution in [0.15, 0.2) is 23.6 Å². The first-order chi connectivity index (χ1) is 8.74. The molecule has 0 saturated heterocycles. The van der Waals surface area contributed by atoms with E-state index in [1.54, 1.807) is 6.20 Å². The van der Waals surface area contributed by atoms with Gasteiger partial charge in [0.2, 0.25) is 0 Å². The predicted octanol–water partition coefficient (Wildman–Crippen LogP) is 0.606. The summed E-state index contributed by atoms with van der Waals surface area (Å²) in [5, 5.41) is 22.1. The lowest BCUT2D eigenvalue weighted by Gasteiger charge is -2.09. The molecule has 2 rings (SSSR count). The van der Waals surface area contributed by atoms with Crippen LogP contribution in [0.25, 0.3) is 5.65 Å². The number of fused-ring (bicyclic) bond motifs is 1. The fourth-order valence-corrected chi connectivity index (χ4v) is 2.40. The summed E-state index contributed by atoms with van der Waals surface area (Å²) in [5.41, 5.74) is 0.756. The lowest BCUT2D eigenvalue weighted by molar-refractivity contribution is 0.113. The highest BCUT2D eigenvalue weighted by Gasteiger charge is 2.10. The summed E-state index contributed by atoms with van der Waals surface area (Å²) in [7, 11) is 0. The molecule has 0 amide bonds. The Kier molecular flexibility index (Phi) is 4.40. The summed E-state index contributed by atoms with van der Waals surface area (Å²) in [5.74, 6) is 1.16. The summed E-state index contributed by atoms with van der Waals surface area (Å²) < 4.78 is 1.89. The molecule has 0 radical (unpaired) electrons. The number of aromatic nitrogens is 3. The highest BCUT2D eigenvalue weighted by atomic mass is 32.2. The van der Waals surface area contributed by atoms with E-state index in [2.05, 4.69) is 15.3 Å². The minimum atomic E-state index is -0.741. The Morgan fingerprint density at radius 1 is 1.56 bits per heavy atom. The van der Waals surface area contributed by atoms with Crippen molar-refractivity contribution in [1.29, 1.82) is 0 Å². The van der Waals surface area contributed by atoms with Crippen molar-refractivity contribution in [1.82, 2.24) is 14.4 Å². The van der Waals surface area contributed by atoms with E-state index in [0.29, 0.717) is 5.75 Å². The number of aliphatic hydroxyl groups is 2. The predicted molar refractivity (Wildman–Crippen MR) is 71.0 cm³/mol. The van der Waals surface area contributed by atoms with E-state index in [1.807, 2.05) is 23.7 Å². The molecule has 0 spiro atoms. The highest BCUT2D eigenvalue weighted by Crippen LogP contribution is 2.23. The number of nitrogens with one attached hydrogen (secondary N) is 1. The molecule has 0 aliphatic carbocycles. The molecule has 1 atom stereocenters. The Balaban J connectivity index is 2.25. The smallest absolute Gasteiger partial charge is 0.169 e. The van der Waals surface area contributed by atoms with Crippen molar-refractivity contribution in [3.05, 3.63) is 18.6 Å². The van der Waals surface area contributed by atoms with Crippen LogP contribution in [0, 0.1) is 0 Å². The van der Waals surface area contributed by atoms with Gasteiger partial charge in [0.1, 0.15) is 10.8 Å². The molecule has 2 heterocycles. The molecule has 0 aliphatic rings. The maximum absolute atomic E-state index is 9.37. The van der Waals surface area contributed by atoms with E-state index >= 15 is 0 Å². The molecule has 0 fully saturated rings. The molecule has 1 unspecified atom stereocenters. The largest absolute Gasteiger partial charge is 0.394 e. The van der Waals surface area contributed by atoms with E-state index < -0.39 is 6.10 Å². The van der Waals surface area contributed by atoms with Crippen LogP contribution in [-0.2, 0) is 0 Å². The van der Waals surface area contributed by atoms with E-state index in [0.717, 1.165) is 23.0 Å². The molecule has 0 aliphatic heterocycles. The van der Waals surface area contributed by atoms with Gasteiger partial charge >= 0.3 is 0 Å². The second-order valence-corrected chi connectivity index (χ2v) is 4.78. The van der Waals surface area contributed by atoms with Crippen LogP contribution < -0.4 is 5.32 Å². The van der Waals surface area contributed by atoms with Crippen LogP contribution in [0.5, 0.6) is 0 Å². The van der Waals surface area contributed by atoms with Gasteiger partial charge in [0, 0.05) is 24.7 Å². The molecular formula is C11H16N4O2S. The summed E-state index contributed by atoms with van der Waals surface area (Å²) in [4.78, 5) is 8.68. The Hall–Kier alpha value is -1.31. The molecule has 0 bridgehead atoms. The topological polar surface area (TPSA) is 82.7 Å². The molecule has 0 saturated carbocycles. The standard InChI is InChI=1S/C11H16N4O2S/c1-2-12-9-5-15-4-3-13-10(15)11(14-9)18-7-8(17)6-16/h3-5,8,12,16-17H,2,6-7H2,1H3. The van der Waals surface area contributed by atoms with E-state index in [4.69, 9.17) is 5.11 Å². The zero-order valence-electron chi connectivity index (χ0n) is 10.1. The summed E-state index contributed by atoms with van der Waals surface area (Å²) in [6.45, 7) is 2.54. The van der Waals surface area contributed by atoms with Gasteiger partial charge in [-0.05, 0) is 6.92 Å². The zero-order chi connectivity index (χ0) is 13.0. The molecule has 2 aromatic rings. The zero-order valence-corrected chi connectivity index (χ0v) is 10.9. The SMILES string of the molecule is CCNc1cn2ccnc2c(SCC(O)CO)n1. The van der Waals surface area contributed by atoms with Gasteiger partial charge < -0.3 is 19.9 Å².